The van der Waals surface area contributed by atoms with Gasteiger partial charge in [0, 0.05) is 12.0 Å². The van der Waals surface area contributed by atoms with Gasteiger partial charge in [0.1, 0.15) is 5.41 Å². The van der Waals surface area contributed by atoms with Crippen molar-refractivity contribution in [1.29, 1.82) is 5.26 Å². The summed E-state index contributed by atoms with van der Waals surface area (Å²) in [5.41, 5.74) is -1.31. The maximum atomic E-state index is 13.3. The first kappa shape index (κ1) is 23.8. The second kappa shape index (κ2) is 8.79. The Morgan fingerprint density at radius 2 is 1.94 bits per heavy atom. The molecule has 4 nitrogen and oxygen atoms in total. The number of allylic oxidation sites excluding steroid dienone is 1. The van der Waals surface area contributed by atoms with Crippen molar-refractivity contribution in [2.45, 2.75) is 91.9 Å². The van der Waals surface area contributed by atoms with Crippen molar-refractivity contribution in [3.05, 3.63) is 11.6 Å². The number of carbonyl (C=O) groups is 1. The fourth-order valence-electron chi connectivity index (χ4n) is 8.78. The largest absolute Gasteiger partial charge is 0.481 e. The molecule has 0 aliphatic heterocycles. The van der Waals surface area contributed by atoms with Crippen LogP contribution in [0, 0.1) is 57.2 Å². The number of unbranched alkanes of at least 4 members (excludes halogenated alkanes) is 5. The van der Waals surface area contributed by atoms with Crippen molar-refractivity contribution in [2.75, 3.05) is 13.2 Å². The lowest BCUT2D eigenvalue weighted by Crippen LogP contribution is -2.62. The number of rotatable bonds is 11. The van der Waals surface area contributed by atoms with Gasteiger partial charge in [-0.3, -0.25) is 4.79 Å². The van der Waals surface area contributed by atoms with E-state index in [2.05, 4.69) is 39.8 Å². The first-order valence-electron chi connectivity index (χ1n) is 13.3. The van der Waals surface area contributed by atoms with Gasteiger partial charge >= 0.3 is 5.97 Å². The van der Waals surface area contributed by atoms with Crippen LogP contribution >= 0.6 is 0 Å². The van der Waals surface area contributed by atoms with Crippen LogP contribution < -0.4 is 0 Å². The van der Waals surface area contributed by atoms with Gasteiger partial charge in [0.15, 0.2) is 0 Å². The van der Waals surface area contributed by atoms with Gasteiger partial charge in [-0.1, -0.05) is 77.9 Å². The van der Waals surface area contributed by atoms with Gasteiger partial charge in [-0.05, 0) is 55.3 Å². The molecule has 32 heavy (non-hydrogen) atoms. The molecule has 0 radical (unpaired) electrons. The van der Waals surface area contributed by atoms with Gasteiger partial charge in [0.25, 0.3) is 0 Å². The second-order valence-electron chi connectivity index (χ2n) is 11.7. The summed E-state index contributed by atoms with van der Waals surface area (Å²) in [4.78, 5) is 13.3. The Hall–Kier alpha value is -1.34. The molecular weight excluding hydrogens is 398 g/mol. The van der Waals surface area contributed by atoms with E-state index < -0.39 is 22.2 Å². The maximum Gasteiger partial charge on any atom is 0.316 e. The molecule has 178 valence electrons. The Kier molecular flexibility index (Phi) is 6.54. The summed E-state index contributed by atoms with van der Waals surface area (Å²) >= 11 is 0. The normalized spacial score (nSPS) is 41.6. The number of hydrogen-bond donors (Lipinski definition) is 1. The highest BCUT2D eigenvalue weighted by Gasteiger charge is 2.84. The quantitative estimate of drug-likeness (QED) is 0.289. The number of nitrogens with zero attached hydrogens (tertiary/aromatic N) is 1. The van der Waals surface area contributed by atoms with Gasteiger partial charge in [-0.2, -0.15) is 5.26 Å². The van der Waals surface area contributed by atoms with E-state index in [1.807, 2.05) is 0 Å². The fraction of sp³-hybridized carbons (Fsp3) is 0.857. The summed E-state index contributed by atoms with van der Waals surface area (Å²) in [7, 11) is 0. The Bertz CT molecular complexity index is 797. The van der Waals surface area contributed by atoms with Gasteiger partial charge in [0.2, 0.25) is 0 Å². The van der Waals surface area contributed by atoms with Crippen molar-refractivity contribution in [3.63, 3.8) is 0 Å². The van der Waals surface area contributed by atoms with Crippen LogP contribution in [-0.4, -0.2) is 24.3 Å². The lowest BCUT2D eigenvalue weighted by molar-refractivity contribution is -0.179. The fourth-order valence-corrected chi connectivity index (χ4v) is 8.78. The van der Waals surface area contributed by atoms with Crippen LogP contribution in [-0.2, 0) is 9.53 Å². The highest BCUT2D eigenvalue weighted by Crippen LogP contribution is 2.83. The van der Waals surface area contributed by atoms with Crippen LogP contribution in [0.25, 0.3) is 0 Å². The second-order valence-corrected chi connectivity index (χ2v) is 11.7. The molecular formula is C28H43NO3. The number of hydrogen-bond acceptors (Lipinski definition) is 3. The van der Waals surface area contributed by atoms with Crippen molar-refractivity contribution in [1.82, 2.24) is 0 Å². The zero-order chi connectivity index (χ0) is 23.1. The summed E-state index contributed by atoms with van der Waals surface area (Å²) in [5.74, 6) is 0.745. The van der Waals surface area contributed by atoms with Gasteiger partial charge < -0.3 is 9.84 Å². The Balaban J connectivity index is 1.63. The van der Waals surface area contributed by atoms with Crippen molar-refractivity contribution >= 4 is 5.97 Å². The Morgan fingerprint density at radius 3 is 2.59 bits per heavy atom. The number of fused-ring (bicyclic) bond motifs is 2. The maximum absolute atomic E-state index is 13.3. The average Bonchev–Trinajstić information content (AvgIpc) is 3.33. The molecule has 4 bridgehead atoms. The van der Waals surface area contributed by atoms with E-state index in [1.165, 1.54) is 32.1 Å². The molecule has 1 N–H and O–H groups in total. The first-order valence-corrected chi connectivity index (χ1v) is 13.3. The number of carboxylic acid groups (broad SMARTS) is 1. The predicted octanol–water partition coefficient (Wildman–Crippen LogP) is 6.61. The smallest absolute Gasteiger partial charge is 0.316 e. The average molecular weight is 442 g/mol. The zero-order valence-corrected chi connectivity index (χ0v) is 20.7. The molecule has 0 amide bonds. The highest BCUT2D eigenvalue weighted by molar-refractivity contribution is 5.85. The minimum atomic E-state index is -1.08. The molecule has 4 aliphatic carbocycles. The molecule has 0 aromatic heterocycles. The molecule has 3 fully saturated rings. The number of nitriles is 1. The lowest BCUT2D eigenvalue weighted by Gasteiger charge is -2.57. The number of carboxylic acids is 1. The standard InChI is InChI=1S/C28H43NO3/c1-5-6-7-8-9-10-13-32-18-27-16-22-20(4)11-12-23(22)26(17-29)15-21(27)14-24(19(2)3)28(26,27)25(30)31/h14,19-23H,5-13,15-16,18H2,1-4H3,(H,30,31). The van der Waals surface area contributed by atoms with Crippen LogP contribution in [0.3, 0.4) is 0 Å². The third-order valence-electron chi connectivity index (χ3n) is 10.0. The van der Waals surface area contributed by atoms with E-state index in [0.717, 1.165) is 31.3 Å². The SMILES string of the molecule is CCCCCCCCOCC12CC3C(C)CCC3C3(C#N)CC1C=C(C(C)C)C32C(=O)O. The third kappa shape index (κ3) is 2.99. The van der Waals surface area contributed by atoms with Crippen molar-refractivity contribution in [3.8, 4) is 6.07 Å². The van der Waals surface area contributed by atoms with Gasteiger partial charge in [-0.25, -0.2) is 0 Å². The van der Waals surface area contributed by atoms with Gasteiger partial charge in [-0.15, -0.1) is 0 Å². The molecule has 3 saturated carbocycles. The molecule has 4 heteroatoms. The molecule has 0 saturated heterocycles. The minimum Gasteiger partial charge on any atom is -0.481 e. The topological polar surface area (TPSA) is 70.3 Å². The molecule has 0 heterocycles. The van der Waals surface area contributed by atoms with E-state index in [1.54, 1.807) is 0 Å². The molecule has 4 rings (SSSR count). The van der Waals surface area contributed by atoms with E-state index in [0.29, 0.717) is 31.5 Å². The Labute approximate surface area is 194 Å². The van der Waals surface area contributed by atoms with E-state index in [-0.39, 0.29) is 17.8 Å². The molecule has 7 atom stereocenters. The highest BCUT2D eigenvalue weighted by atomic mass is 16.5. The summed E-state index contributed by atoms with van der Waals surface area (Å²) in [6.45, 7) is 9.96. The third-order valence-corrected chi connectivity index (χ3v) is 10.0. The number of ether oxygens (including phenoxy) is 1. The van der Waals surface area contributed by atoms with Crippen LogP contribution in [0.15, 0.2) is 11.6 Å². The molecule has 0 aromatic rings. The molecule has 7 unspecified atom stereocenters. The Morgan fingerprint density at radius 1 is 1.22 bits per heavy atom. The van der Waals surface area contributed by atoms with E-state index in [9.17, 15) is 15.2 Å². The van der Waals surface area contributed by atoms with Crippen molar-refractivity contribution < 1.29 is 14.6 Å². The van der Waals surface area contributed by atoms with Crippen LogP contribution in [0.4, 0.5) is 0 Å². The first-order chi connectivity index (χ1) is 15.3. The van der Waals surface area contributed by atoms with Crippen LogP contribution in [0.5, 0.6) is 0 Å². The summed E-state index contributed by atoms with van der Waals surface area (Å²) in [6, 6.07) is 2.72. The molecule has 4 aliphatic rings. The summed E-state index contributed by atoms with van der Waals surface area (Å²) < 4.78 is 6.35. The minimum absolute atomic E-state index is 0.137. The summed E-state index contributed by atoms with van der Waals surface area (Å²) in [6.07, 6.45) is 13.3. The lowest BCUT2D eigenvalue weighted by atomic mass is 9.43. The molecule has 0 spiro atoms. The van der Waals surface area contributed by atoms with Gasteiger partial charge in [0.05, 0.1) is 18.1 Å². The molecule has 0 aromatic carbocycles. The monoisotopic (exact) mass is 441 g/mol. The van der Waals surface area contributed by atoms with E-state index >= 15 is 0 Å². The van der Waals surface area contributed by atoms with E-state index in [4.69, 9.17) is 4.74 Å². The zero-order valence-electron chi connectivity index (χ0n) is 20.7. The predicted molar refractivity (Wildman–Crippen MR) is 126 cm³/mol. The number of aliphatic carboxylic acids is 1. The van der Waals surface area contributed by atoms with Crippen molar-refractivity contribution in [2.24, 2.45) is 45.8 Å². The van der Waals surface area contributed by atoms with Crippen LogP contribution in [0.2, 0.25) is 0 Å². The van der Waals surface area contributed by atoms with Crippen LogP contribution in [0.1, 0.15) is 91.9 Å². The summed E-state index contributed by atoms with van der Waals surface area (Å²) in [5, 5.41) is 21.6.